The van der Waals surface area contributed by atoms with Crippen LogP contribution in [0.4, 0.5) is 4.39 Å². The van der Waals surface area contributed by atoms with E-state index in [-0.39, 0.29) is 12.4 Å². The van der Waals surface area contributed by atoms with Crippen LogP contribution in [-0.2, 0) is 17.8 Å². The molecule has 1 aromatic heterocycles. The highest BCUT2D eigenvalue weighted by atomic mass is 79.9. The fourth-order valence-corrected chi connectivity index (χ4v) is 3.65. The first-order chi connectivity index (χ1) is 13.1. The first kappa shape index (κ1) is 19.5. The highest BCUT2D eigenvalue weighted by molar-refractivity contribution is 9.10. The second-order valence-electron chi connectivity index (χ2n) is 5.66. The lowest BCUT2D eigenvalue weighted by atomic mass is 10.1. The van der Waals surface area contributed by atoms with Crippen LogP contribution in [0.15, 0.2) is 52.3 Å². The number of benzene rings is 2. The zero-order valence-corrected chi connectivity index (χ0v) is 17.0. The maximum Gasteiger partial charge on any atom is 0.357 e. The first-order valence-corrected chi connectivity index (χ1v) is 10.00. The third-order valence-corrected chi connectivity index (χ3v) is 5.08. The molecule has 27 heavy (non-hydrogen) atoms. The van der Waals surface area contributed by atoms with Crippen molar-refractivity contribution >= 4 is 33.2 Å². The van der Waals surface area contributed by atoms with Gasteiger partial charge in [-0.15, -0.1) is 11.3 Å². The number of rotatable bonds is 7. The Morgan fingerprint density at radius 2 is 2.04 bits per heavy atom. The Hall–Kier alpha value is -2.25. The molecule has 7 heteroatoms. The number of nitrogens with zero attached hydrogens (tertiary/aromatic N) is 1. The van der Waals surface area contributed by atoms with Gasteiger partial charge in [0, 0.05) is 27.4 Å². The number of esters is 1. The van der Waals surface area contributed by atoms with Crippen molar-refractivity contribution in [2.24, 2.45) is 0 Å². The van der Waals surface area contributed by atoms with Gasteiger partial charge in [-0.1, -0.05) is 34.1 Å². The van der Waals surface area contributed by atoms with Crippen molar-refractivity contribution in [1.82, 2.24) is 4.98 Å². The molecule has 0 aliphatic carbocycles. The average Bonchev–Trinajstić information content (AvgIpc) is 3.11. The number of aromatic nitrogens is 1. The zero-order chi connectivity index (χ0) is 19.2. The minimum absolute atomic E-state index is 0.132. The molecule has 0 N–H and O–H groups in total. The Balaban J connectivity index is 1.76. The molecule has 4 nitrogen and oxygen atoms in total. The second kappa shape index (κ2) is 9.10. The highest BCUT2D eigenvalue weighted by Crippen LogP contribution is 2.28. The molecule has 0 bridgehead atoms. The molecule has 3 rings (SSSR count). The lowest BCUT2D eigenvalue weighted by molar-refractivity contribution is 0.0520. The number of carbonyl (C=O) groups is 1. The summed E-state index contributed by atoms with van der Waals surface area (Å²) in [5, 5.41) is 2.46. The van der Waals surface area contributed by atoms with Gasteiger partial charge in [0.2, 0.25) is 0 Å². The minimum atomic E-state index is -0.426. The standard InChI is InChI=1S/C20H17BrFNO3S/c1-2-25-20(24)17-12-27-19(23-17)10-14-9-15(21)7-8-18(14)26-11-13-5-3-4-6-16(13)22/h3-9,12H,2,10-11H2,1H3. The Bertz CT molecular complexity index is 944. The van der Waals surface area contributed by atoms with E-state index >= 15 is 0 Å². The summed E-state index contributed by atoms with van der Waals surface area (Å²) in [5.74, 6) is -0.0743. The predicted molar refractivity (Wildman–Crippen MR) is 106 cm³/mol. The van der Waals surface area contributed by atoms with Crippen LogP contribution in [0.2, 0.25) is 0 Å². The van der Waals surface area contributed by atoms with Crippen LogP contribution in [0.1, 0.15) is 33.5 Å². The maximum atomic E-state index is 13.8. The molecule has 1 heterocycles. The van der Waals surface area contributed by atoms with Crippen molar-refractivity contribution in [3.8, 4) is 5.75 Å². The van der Waals surface area contributed by atoms with E-state index in [1.807, 2.05) is 18.2 Å². The molecular formula is C20H17BrFNO3S. The summed E-state index contributed by atoms with van der Waals surface area (Å²) in [5.41, 5.74) is 1.69. The lowest BCUT2D eigenvalue weighted by Crippen LogP contribution is -2.05. The largest absolute Gasteiger partial charge is 0.489 e. The summed E-state index contributed by atoms with van der Waals surface area (Å²) < 4.78 is 25.5. The third-order valence-electron chi connectivity index (χ3n) is 3.74. The summed E-state index contributed by atoms with van der Waals surface area (Å²) in [6.45, 7) is 2.20. The van der Waals surface area contributed by atoms with Gasteiger partial charge in [0.15, 0.2) is 5.69 Å². The van der Waals surface area contributed by atoms with E-state index in [1.165, 1.54) is 17.4 Å². The molecule has 0 saturated carbocycles. The summed E-state index contributed by atoms with van der Waals surface area (Å²) in [6, 6.07) is 12.2. The SMILES string of the molecule is CCOC(=O)c1csc(Cc2cc(Br)ccc2OCc2ccccc2F)n1. The molecule has 0 radical (unpaired) electrons. The zero-order valence-electron chi connectivity index (χ0n) is 14.6. The van der Waals surface area contributed by atoms with Crippen molar-refractivity contribution in [2.75, 3.05) is 6.61 Å². The van der Waals surface area contributed by atoms with Gasteiger partial charge in [-0.2, -0.15) is 0 Å². The van der Waals surface area contributed by atoms with Crippen molar-refractivity contribution in [3.63, 3.8) is 0 Å². The fourth-order valence-electron chi connectivity index (χ4n) is 2.45. The summed E-state index contributed by atoms with van der Waals surface area (Å²) in [7, 11) is 0. The van der Waals surface area contributed by atoms with Crippen molar-refractivity contribution < 1.29 is 18.7 Å². The fraction of sp³-hybridized carbons (Fsp3) is 0.200. The normalized spacial score (nSPS) is 10.6. The highest BCUT2D eigenvalue weighted by Gasteiger charge is 2.14. The topological polar surface area (TPSA) is 48.4 Å². The van der Waals surface area contributed by atoms with Crippen LogP contribution in [0, 0.1) is 5.82 Å². The average molecular weight is 450 g/mol. The molecule has 0 aliphatic heterocycles. The van der Waals surface area contributed by atoms with Crippen LogP contribution in [-0.4, -0.2) is 17.6 Å². The third kappa shape index (κ3) is 5.14. The molecule has 0 aliphatic rings. The Morgan fingerprint density at radius 3 is 2.81 bits per heavy atom. The second-order valence-corrected chi connectivity index (χ2v) is 7.51. The van der Waals surface area contributed by atoms with Gasteiger partial charge >= 0.3 is 5.97 Å². The summed E-state index contributed by atoms with van der Waals surface area (Å²) in [4.78, 5) is 16.1. The molecule has 0 unspecified atom stereocenters. The molecule has 0 amide bonds. The van der Waals surface area contributed by atoms with Gasteiger partial charge in [0.25, 0.3) is 0 Å². The predicted octanol–water partition coefficient (Wildman–Crippen LogP) is 5.39. The molecule has 140 valence electrons. The molecule has 0 atom stereocenters. The summed E-state index contributed by atoms with van der Waals surface area (Å²) >= 11 is 4.85. The van der Waals surface area contributed by atoms with Crippen LogP contribution < -0.4 is 4.74 Å². The van der Waals surface area contributed by atoms with Gasteiger partial charge in [-0.25, -0.2) is 14.2 Å². The Kier molecular flexibility index (Phi) is 6.58. The number of ether oxygens (including phenoxy) is 2. The van der Waals surface area contributed by atoms with Gasteiger partial charge in [-0.05, 0) is 31.2 Å². The van der Waals surface area contributed by atoms with Gasteiger partial charge in [0.1, 0.15) is 18.2 Å². The van der Waals surface area contributed by atoms with Crippen molar-refractivity contribution in [3.05, 3.63) is 80.0 Å². The monoisotopic (exact) mass is 449 g/mol. The number of halogens is 2. The molecule has 0 fully saturated rings. The molecule has 0 spiro atoms. The van der Waals surface area contributed by atoms with Gasteiger partial charge in [0.05, 0.1) is 11.6 Å². The first-order valence-electron chi connectivity index (χ1n) is 8.33. The molecule has 2 aromatic carbocycles. The van der Waals surface area contributed by atoms with Crippen molar-refractivity contribution in [1.29, 1.82) is 0 Å². The van der Waals surface area contributed by atoms with Crippen molar-refractivity contribution in [2.45, 2.75) is 20.0 Å². The molecular weight excluding hydrogens is 433 g/mol. The molecule has 3 aromatic rings. The van der Waals surface area contributed by atoms with Crippen LogP contribution in [0.5, 0.6) is 5.75 Å². The number of thiazole rings is 1. The van der Waals surface area contributed by atoms with E-state index in [2.05, 4.69) is 20.9 Å². The summed E-state index contributed by atoms with van der Waals surface area (Å²) in [6.07, 6.45) is 0.496. The van der Waals surface area contributed by atoms with E-state index in [0.29, 0.717) is 30.0 Å². The quantitative estimate of drug-likeness (QED) is 0.453. The number of hydrogen-bond acceptors (Lipinski definition) is 5. The van der Waals surface area contributed by atoms with E-state index in [0.717, 1.165) is 15.0 Å². The maximum absolute atomic E-state index is 13.8. The smallest absolute Gasteiger partial charge is 0.357 e. The van der Waals surface area contributed by atoms with Crippen LogP contribution in [0.3, 0.4) is 0 Å². The van der Waals surface area contributed by atoms with E-state index in [1.54, 1.807) is 30.5 Å². The number of carbonyl (C=O) groups excluding carboxylic acids is 1. The van der Waals surface area contributed by atoms with E-state index < -0.39 is 5.97 Å². The van der Waals surface area contributed by atoms with E-state index in [9.17, 15) is 9.18 Å². The van der Waals surface area contributed by atoms with Gasteiger partial charge in [-0.3, -0.25) is 0 Å². The number of hydrogen-bond donors (Lipinski definition) is 0. The Labute approximate surface area is 169 Å². The Morgan fingerprint density at radius 1 is 1.22 bits per heavy atom. The van der Waals surface area contributed by atoms with Crippen LogP contribution >= 0.6 is 27.3 Å². The molecule has 0 saturated heterocycles. The van der Waals surface area contributed by atoms with Gasteiger partial charge < -0.3 is 9.47 Å². The minimum Gasteiger partial charge on any atom is -0.489 e. The van der Waals surface area contributed by atoms with Crippen LogP contribution in [0.25, 0.3) is 0 Å². The lowest BCUT2D eigenvalue weighted by Gasteiger charge is -2.12. The van der Waals surface area contributed by atoms with E-state index in [4.69, 9.17) is 9.47 Å².